The van der Waals surface area contributed by atoms with Crippen LogP contribution < -0.4 is 4.72 Å². The standard InChI is InChI=1S/C15H11F3N2O4S3/c1-2-24-13(21)11-12(15(16,17)18)19-14(26-11)20-27(22,23)10-7-25-9-6-4-3-5-8(9)10/h3-7H,2H2,1H3,(H,19,20). The number of halogens is 3. The van der Waals surface area contributed by atoms with E-state index in [9.17, 15) is 26.4 Å². The lowest BCUT2D eigenvalue weighted by Crippen LogP contribution is -2.14. The highest BCUT2D eigenvalue weighted by atomic mass is 32.2. The molecule has 1 aromatic carbocycles. The van der Waals surface area contributed by atoms with E-state index in [-0.39, 0.29) is 22.8 Å². The van der Waals surface area contributed by atoms with Gasteiger partial charge in [0, 0.05) is 15.5 Å². The van der Waals surface area contributed by atoms with E-state index in [0.717, 1.165) is 0 Å². The topological polar surface area (TPSA) is 85.4 Å². The number of carbonyl (C=O) groups is 1. The maximum absolute atomic E-state index is 13.1. The molecular weight excluding hydrogens is 425 g/mol. The van der Waals surface area contributed by atoms with Gasteiger partial charge in [0.15, 0.2) is 10.8 Å². The van der Waals surface area contributed by atoms with E-state index in [1.54, 1.807) is 24.3 Å². The van der Waals surface area contributed by atoms with Gasteiger partial charge in [0.05, 0.1) is 6.61 Å². The number of esters is 1. The molecule has 3 aromatic rings. The minimum atomic E-state index is -4.93. The van der Waals surface area contributed by atoms with Gasteiger partial charge in [-0.25, -0.2) is 18.2 Å². The second kappa shape index (κ2) is 7.09. The van der Waals surface area contributed by atoms with Crippen LogP contribution in [-0.2, 0) is 20.9 Å². The Kier molecular flexibility index (Phi) is 5.14. The number of rotatable bonds is 5. The molecule has 2 heterocycles. The summed E-state index contributed by atoms with van der Waals surface area (Å²) in [6.07, 6.45) is -4.93. The SMILES string of the molecule is CCOC(=O)c1sc(NS(=O)(=O)c2csc3ccccc23)nc1C(F)(F)F. The zero-order valence-electron chi connectivity index (χ0n) is 13.5. The van der Waals surface area contributed by atoms with Crippen molar-refractivity contribution in [3.8, 4) is 0 Å². The Balaban J connectivity index is 2.01. The molecule has 3 rings (SSSR count). The third kappa shape index (κ3) is 3.92. The third-order valence-electron chi connectivity index (χ3n) is 3.31. The van der Waals surface area contributed by atoms with Gasteiger partial charge in [-0.2, -0.15) is 13.2 Å². The minimum Gasteiger partial charge on any atom is -0.462 e. The Labute approximate surface area is 159 Å². The minimum absolute atomic E-state index is 0.0791. The quantitative estimate of drug-likeness (QED) is 0.601. The average molecular weight is 436 g/mol. The van der Waals surface area contributed by atoms with Gasteiger partial charge in [0.25, 0.3) is 10.0 Å². The van der Waals surface area contributed by atoms with E-state index in [0.29, 0.717) is 10.1 Å². The van der Waals surface area contributed by atoms with Gasteiger partial charge in [0.2, 0.25) is 0 Å². The summed E-state index contributed by atoms with van der Waals surface area (Å²) < 4.78 is 72.0. The number of anilines is 1. The molecule has 0 aliphatic carbocycles. The summed E-state index contributed by atoms with van der Waals surface area (Å²) >= 11 is 1.46. The Morgan fingerprint density at radius 1 is 1.30 bits per heavy atom. The lowest BCUT2D eigenvalue weighted by Gasteiger charge is -2.05. The Morgan fingerprint density at radius 2 is 2.00 bits per heavy atom. The Hall–Kier alpha value is -2.18. The number of sulfonamides is 1. The number of hydrogen-bond acceptors (Lipinski definition) is 7. The van der Waals surface area contributed by atoms with Crippen molar-refractivity contribution >= 4 is 53.9 Å². The molecule has 0 saturated heterocycles. The highest BCUT2D eigenvalue weighted by molar-refractivity contribution is 7.93. The van der Waals surface area contributed by atoms with Crippen molar-refractivity contribution in [2.45, 2.75) is 18.0 Å². The Bertz CT molecular complexity index is 1100. The summed E-state index contributed by atoms with van der Waals surface area (Å²) in [6, 6.07) is 6.71. The van der Waals surface area contributed by atoms with E-state index < -0.39 is 37.9 Å². The van der Waals surface area contributed by atoms with Crippen molar-refractivity contribution in [1.29, 1.82) is 0 Å². The number of ether oxygens (including phenoxy) is 1. The summed E-state index contributed by atoms with van der Waals surface area (Å²) in [4.78, 5) is 14.1. The molecule has 0 fully saturated rings. The molecule has 0 bridgehead atoms. The van der Waals surface area contributed by atoms with Crippen LogP contribution in [0.1, 0.15) is 22.3 Å². The number of thiazole rings is 1. The van der Waals surface area contributed by atoms with Crippen molar-refractivity contribution in [2.24, 2.45) is 0 Å². The molecule has 0 aliphatic rings. The first-order valence-electron chi connectivity index (χ1n) is 7.37. The zero-order valence-corrected chi connectivity index (χ0v) is 16.0. The summed E-state index contributed by atoms with van der Waals surface area (Å²) in [5, 5.41) is 1.26. The first-order chi connectivity index (χ1) is 12.6. The Morgan fingerprint density at radius 3 is 2.67 bits per heavy atom. The predicted molar refractivity (Wildman–Crippen MR) is 95.7 cm³/mol. The van der Waals surface area contributed by atoms with Crippen molar-refractivity contribution < 1.29 is 31.1 Å². The van der Waals surface area contributed by atoms with Gasteiger partial charge in [-0.1, -0.05) is 29.5 Å². The number of benzene rings is 1. The number of thiophene rings is 1. The summed E-state index contributed by atoms with van der Waals surface area (Å²) in [7, 11) is -4.19. The molecule has 1 N–H and O–H groups in total. The van der Waals surface area contributed by atoms with Gasteiger partial charge >= 0.3 is 12.1 Å². The van der Waals surface area contributed by atoms with Crippen LogP contribution in [0.2, 0.25) is 0 Å². The maximum atomic E-state index is 13.1. The highest BCUT2D eigenvalue weighted by Gasteiger charge is 2.40. The van der Waals surface area contributed by atoms with Crippen molar-refractivity contribution in [1.82, 2.24) is 4.98 Å². The van der Waals surface area contributed by atoms with E-state index in [2.05, 4.69) is 9.72 Å². The van der Waals surface area contributed by atoms with Gasteiger partial charge in [-0.3, -0.25) is 4.72 Å². The van der Waals surface area contributed by atoms with Crippen molar-refractivity contribution in [2.75, 3.05) is 11.3 Å². The number of fused-ring (bicyclic) bond motifs is 1. The van der Waals surface area contributed by atoms with Gasteiger partial charge in [-0.15, -0.1) is 11.3 Å². The maximum Gasteiger partial charge on any atom is 0.435 e. The van der Waals surface area contributed by atoms with Crippen LogP contribution in [0.4, 0.5) is 18.3 Å². The first kappa shape index (κ1) is 19.6. The fraction of sp³-hybridized carbons (Fsp3) is 0.200. The monoisotopic (exact) mass is 436 g/mol. The largest absolute Gasteiger partial charge is 0.462 e. The van der Waals surface area contributed by atoms with Crippen LogP contribution in [-0.4, -0.2) is 26.0 Å². The van der Waals surface area contributed by atoms with E-state index in [4.69, 9.17) is 0 Å². The van der Waals surface area contributed by atoms with Crippen molar-refractivity contribution in [3.05, 3.63) is 40.2 Å². The predicted octanol–water partition coefficient (Wildman–Crippen LogP) is 4.35. The molecule has 144 valence electrons. The fourth-order valence-corrected chi connectivity index (χ4v) is 5.84. The number of carbonyl (C=O) groups excluding carboxylic acids is 1. The fourth-order valence-electron chi connectivity index (χ4n) is 2.22. The molecule has 0 spiro atoms. The molecule has 2 aromatic heterocycles. The van der Waals surface area contributed by atoms with Crippen LogP contribution in [0, 0.1) is 0 Å². The molecule has 0 atom stereocenters. The lowest BCUT2D eigenvalue weighted by molar-refractivity contribution is -0.141. The van der Waals surface area contributed by atoms with Crippen LogP contribution in [0.15, 0.2) is 34.5 Å². The lowest BCUT2D eigenvalue weighted by atomic mass is 10.3. The molecular formula is C15H11F3N2O4S3. The average Bonchev–Trinajstić information content (AvgIpc) is 3.18. The van der Waals surface area contributed by atoms with E-state index in [1.807, 2.05) is 4.72 Å². The smallest absolute Gasteiger partial charge is 0.435 e. The second-order valence-corrected chi connectivity index (χ2v) is 8.68. The molecule has 6 nitrogen and oxygen atoms in total. The number of alkyl halides is 3. The number of nitrogens with zero attached hydrogens (tertiary/aromatic N) is 1. The third-order valence-corrected chi connectivity index (χ3v) is 6.88. The zero-order chi connectivity index (χ0) is 19.8. The summed E-state index contributed by atoms with van der Waals surface area (Å²) in [5.74, 6) is -1.21. The number of hydrogen-bond donors (Lipinski definition) is 1. The molecule has 27 heavy (non-hydrogen) atoms. The molecule has 0 amide bonds. The van der Waals surface area contributed by atoms with Crippen molar-refractivity contribution in [3.63, 3.8) is 0 Å². The van der Waals surface area contributed by atoms with Crippen LogP contribution in [0.3, 0.4) is 0 Å². The second-order valence-electron chi connectivity index (χ2n) is 5.12. The molecule has 0 unspecified atom stereocenters. The van der Waals surface area contributed by atoms with Crippen LogP contribution >= 0.6 is 22.7 Å². The van der Waals surface area contributed by atoms with E-state index >= 15 is 0 Å². The van der Waals surface area contributed by atoms with Crippen LogP contribution in [0.5, 0.6) is 0 Å². The summed E-state index contributed by atoms with van der Waals surface area (Å²) in [5.41, 5.74) is -1.49. The van der Waals surface area contributed by atoms with Crippen LogP contribution in [0.25, 0.3) is 10.1 Å². The normalized spacial score (nSPS) is 12.3. The molecule has 0 aliphatic heterocycles. The van der Waals surface area contributed by atoms with Gasteiger partial charge < -0.3 is 4.74 Å². The first-order valence-corrected chi connectivity index (χ1v) is 10.6. The highest BCUT2D eigenvalue weighted by Crippen LogP contribution is 2.38. The molecule has 0 saturated carbocycles. The number of nitrogens with one attached hydrogen (secondary N) is 1. The van der Waals surface area contributed by atoms with Gasteiger partial charge in [-0.05, 0) is 13.0 Å². The van der Waals surface area contributed by atoms with Gasteiger partial charge in [0.1, 0.15) is 9.77 Å². The molecule has 0 radical (unpaired) electrons. The molecule has 12 heteroatoms. The summed E-state index contributed by atoms with van der Waals surface area (Å²) in [6.45, 7) is 1.31. The number of aromatic nitrogens is 1. The van der Waals surface area contributed by atoms with E-state index in [1.165, 1.54) is 23.6 Å².